The minimum atomic E-state index is -0.195. The summed E-state index contributed by atoms with van der Waals surface area (Å²) < 4.78 is 10.5. The molecule has 0 aliphatic carbocycles. The van der Waals surface area contributed by atoms with Crippen LogP contribution in [0.1, 0.15) is 5.69 Å². The lowest BCUT2D eigenvalue weighted by molar-refractivity contribution is -0.123. The summed E-state index contributed by atoms with van der Waals surface area (Å²) >= 11 is 1.50. The molecule has 1 amide bonds. The van der Waals surface area contributed by atoms with Crippen LogP contribution in [0, 0.1) is 0 Å². The third-order valence-corrected chi connectivity index (χ3v) is 3.01. The summed E-state index contributed by atoms with van der Waals surface area (Å²) in [4.78, 5) is 15.7. The first-order chi connectivity index (χ1) is 9.29. The third-order valence-electron chi connectivity index (χ3n) is 2.38. The number of rotatable bonds is 6. The first-order valence-corrected chi connectivity index (χ1v) is 6.63. The van der Waals surface area contributed by atoms with E-state index in [1.54, 1.807) is 24.8 Å². The first-order valence-electron chi connectivity index (χ1n) is 5.69. The number of aromatic nitrogens is 1. The van der Waals surface area contributed by atoms with Crippen molar-refractivity contribution in [3.8, 4) is 11.5 Å². The standard InChI is InChI=1S/C13H14N2O3S/c1-17-11-4-2-3-5-12(11)18-7-13(16)14-6-10-8-19-9-15-10/h2-5,8-9H,6-7H2,1H3,(H,14,16). The molecule has 1 heterocycles. The number of hydrogen-bond donors (Lipinski definition) is 1. The third kappa shape index (κ3) is 3.96. The van der Waals surface area contributed by atoms with Crippen LogP contribution in [-0.4, -0.2) is 24.6 Å². The summed E-state index contributed by atoms with van der Waals surface area (Å²) in [6.45, 7) is 0.363. The fourth-order valence-electron chi connectivity index (χ4n) is 1.45. The highest BCUT2D eigenvalue weighted by atomic mass is 32.1. The average molecular weight is 278 g/mol. The van der Waals surface area contributed by atoms with Gasteiger partial charge in [0.05, 0.1) is 24.9 Å². The van der Waals surface area contributed by atoms with Gasteiger partial charge in [0.15, 0.2) is 18.1 Å². The number of nitrogens with one attached hydrogen (secondary N) is 1. The molecule has 1 aromatic heterocycles. The Labute approximate surface area is 115 Å². The Kier molecular flexibility index (Phi) is 4.74. The number of nitrogens with zero attached hydrogens (tertiary/aromatic N) is 1. The van der Waals surface area contributed by atoms with E-state index in [0.29, 0.717) is 18.0 Å². The molecular weight excluding hydrogens is 264 g/mol. The molecule has 1 N–H and O–H groups in total. The van der Waals surface area contributed by atoms with Gasteiger partial charge in [-0.2, -0.15) is 0 Å². The summed E-state index contributed by atoms with van der Waals surface area (Å²) in [5, 5.41) is 4.62. The van der Waals surface area contributed by atoms with E-state index in [9.17, 15) is 4.79 Å². The Morgan fingerprint density at radius 2 is 2.16 bits per heavy atom. The van der Waals surface area contributed by atoms with E-state index in [1.807, 2.05) is 17.5 Å². The zero-order valence-electron chi connectivity index (χ0n) is 10.5. The molecule has 0 aliphatic rings. The molecule has 0 saturated carbocycles. The Hall–Kier alpha value is -2.08. The van der Waals surface area contributed by atoms with Crippen LogP contribution in [0.2, 0.25) is 0 Å². The van der Waals surface area contributed by atoms with Crippen molar-refractivity contribution in [2.24, 2.45) is 0 Å². The van der Waals surface area contributed by atoms with E-state index in [2.05, 4.69) is 10.3 Å². The van der Waals surface area contributed by atoms with Crippen LogP contribution in [0.25, 0.3) is 0 Å². The fourth-order valence-corrected chi connectivity index (χ4v) is 2.00. The van der Waals surface area contributed by atoms with Gasteiger partial charge >= 0.3 is 0 Å². The molecule has 0 spiro atoms. The van der Waals surface area contributed by atoms with Gasteiger partial charge in [-0.05, 0) is 12.1 Å². The van der Waals surface area contributed by atoms with Gasteiger partial charge in [-0.25, -0.2) is 4.98 Å². The van der Waals surface area contributed by atoms with E-state index >= 15 is 0 Å². The Morgan fingerprint density at radius 1 is 1.37 bits per heavy atom. The van der Waals surface area contributed by atoms with Crippen LogP contribution in [0.4, 0.5) is 0 Å². The van der Waals surface area contributed by atoms with Crippen LogP contribution >= 0.6 is 11.3 Å². The second-order valence-electron chi connectivity index (χ2n) is 3.70. The van der Waals surface area contributed by atoms with Gasteiger partial charge in [-0.3, -0.25) is 4.79 Å². The second kappa shape index (κ2) is 6.75. The fraction of sp³-hybridized carbons (Fsp3) is 0.231. The molecule has 0 bridgehead atoms. The van der Waals surface area contributed by atoms with Gasteiger partial charge in [0, 0.05) is 5.38 Å². The molecule has 0 fully saturated rings. The molecule has 19 heavy (non-hydrogen) atoms. The van der Waals surface area contributed by atoms with Crippen LogP contribution in [0.5, 0.6) is 11.5 Å². The molecule has 0 atom stereocenters. The molecule has 0 radical (unpaired) electrons. The lowest BCUT2D eigenvalue weighted by Gasteiger charge is -2.10. The lowest BCUT2D eigenvalue weighted by Crippen LogP contribution is -2.28. The van der Waals surface area contributed by atoms with E-state index in [4.69, 9.17) is 9.47 Å². The van der Waals surface area contributed by atoms with Gasteiger partial charge < -0.3 is 14.8 Å². The number of carbonyl (C=O) groups excluding carboxylic acids is 1. The smallest absolute Gasteiger partial charge is 0.258 e. The van der Waals surface area contributed by atoms with Crippen molar-refractivity contribution >= 4 is 17.2 Å². The van der Waals surface area contributed by atoms with Crippen molar-refractivity contribution in [3.63, 3.8) is 0 Å². The van der Waals surface area contributed by atoms with E-state index in [0.717, 1.165) is 5.69 Å². The highest BCUT2D eigenvalue weighted by Gasteiger charge is 2.06. The van der Waals surface area contributed by atoms with Crippen LogP contribution in [-0.2, 0) is 11.3 Å². The van der Waals surface area contributed by atoms with Crippen LogP contribution < -0.4 is 14.8 Å². The topological polar surface area (TPSA) is 60.5 Å². The molecular formula is C13H14N2O3S. The maximum atomic E-state index is 11.6. The number of methoxy groups -OCH3 is 1. The van der Waals surface area contributed by atoms with E-state index < -0.39 is 0 Å². The summed E-state index contributed by atoms with van der Waals surface area (Å²) in [7, 11) is 1.56. The van der Waals surface area contributed by atoms with E-state index in [-0.39, 0.29) is 12.5 Å². The molecule has 1 aromatic carbocycles. The highest BCUT2D eigenvalue weighted by molar-refractivity contribution is 7.07. The van der Waals surface area contributed by atoms with Gasteiger partial charge in [-0.15, -0.1) is 11.3 Å². The Bertz CT molecular complexity index is 528. The van der Waals surface area contributed by atoms with Crippen LogP contribution in [0.3, 0.4) is 0 Å². The Balaban J connectivity index is 1.80. The van der Waals surface area contributed by atoms with Crippen molar-refractivity contribution in [2.45, 2.75) is 6.54 Å². The van der Waals surface area contributed by atoms with Crippen molar-refractivity contribution in [2.75, 3.05) is 13.7 Å². The van der Waals surface area contributed by atoms with E-state index in [1.165, 1.54) is 11.3 Å². The van der Waals surface area contributed by atoms with Crippen molar-refractivity contribution in [1.29, 1.82) is 0 Å². The Morgan fingerprint density at radius 3 is 2.84 bits per heavy atom. The molecule has 5 nitrogen and oxygen atoms in total. The SMILES string of the molecule is COc1ccccc1OCC(=O)NCc1cscn1. The second-order valence-corrected chi connectivity index (χ2v) is 4.41. The molecule has 0 aliphatic heterocycles. The predicted octanol–water partition coefficient (Wildman–Crippen LogP) is 1.85. The number of ether oxygens (including phenoxy) is 2. The minimum Gasteiger partial charge on any atom is -0.493 e. The molecule has 2 aromatic rings. The average Bonchev–Trinajstić information content (AvgIpc) is 2.96. The maximum absolute atomic E-state index is 11.6. The molecule has 0 saturated heterocycles. The molecule has 6 heteroatoms. The number of thiazole rings is 1. The van der Waals surface area contributed by atoms with Gasteiger partial charge in [0.2, 0.25) is 0 Å². The zero-order valence-corrected chi connectivity index (χ0v) is 11.3. The number of carbonyl (C=O) groups is 1. The summed E-state index contributed by atoms with van der Waals surface area (Å²) in [6.07, 6.45) is 0. The zero-order chi connectivity index (χ0) is 13.5. The maximum Gasteiger partial charge on any atom is 0.258 e. The number of hydrogen-bond acceptors (Lipinski definition) is 5. The van der Waals surface area contributed by atoms with Crippen molar-refractivity contribution in [3.05, 3.63) is 40.8 Å². The monoisotopic (exact) mass is 278 g/mol. The number of para-hydroxylation sites is 2. The molecule has 0 unspecified atom stereocenters. The summed E-state index contributed by atoms with van der Waals surface area (Å²) in [5.41, 5.74) is 2.57. The van der Waals surface area contributed by atoms with Gasteiger partial charge in [0.1, 0.15) is 0 Å². The van der Waals surface area contributed by atoms with Crippen molar-refractivity contribution in [1.82, 2.24) is 10.3 Å². The largest absolute Gasteiger partial charge is 0.493 e. The number of benzene rings is 1. The highest BCUT2D eigenvalue weighted by Crippen LogP contribution is 2.25. The van der Waals surface area contributed by atoms with Gasteiger partial charge in [-0.1, -0.05) is 12.1 Å². The quantitative estimate of drug-likeness (QED) is 0.876. The molecule has 100 valence electrons. The first kappa shape index (κ1) is 13.4. The number of amides is 1. The minimum absolute atomic E-state index is 0.0511. The van der Waals surface area contributed by atoms with Gasteiger partial charge in [0.25, 0.3) is 5.91 Å². The van der Waals surface area contributed by atoms with Crippen molar-refractivity contribution < 1.29 is 14.3 Å². The molecule has 2 rings (SSSR count). The normalized spacial score (nSPS) is 9.95. The van der Waals surface area contributed by atoms with Crippen LogP contribution in [0.15, 0.2) is 35.2 Å². The predicted molar refractivity (Wildman–Crippen MR) is 72.4 cm³/mol. The summed E-state index contributed by atoms with van der Waals surface area (Å²) in [6, 6.07) is 7.20. The lowest BCUT2D eigenvalue weighted by atomic mass is 10.3. The summed E-state index contributed by atoms with van der Waals surface area (Å²) in [5.74, 6) is 0.961.